The number of hydrogen-bond acceptors (Lipinski definition) is 2. The van der Waals surface area contributed by atoms with E-state index in [1.807, 2.05) is 19.9 Å². The fourth-order valence-electron chi connectivity index (χ4n) is 1.90. The Hall–Kier alpha value is -1.53. The van der Waals surface area contributed by atoms with E-state index in [2.05, 4.69) is 57.6 Å². The normalized spacial score (nSPS) is 11.3. The highest BCUT2D eigenvalue weighted by Crippen LogP contribution is 2.24. The Kier molecular flexibility index (Phi) is 4.11. The van der Waals surface area contributed by atoms with Crippen LogP contribution in [0.25, 0.3) is 10.8 Å². The molecule has 0 bridgehead atoms. The largest absolute Gasteiger partial charge is 0.385 e. The maximum absolute atomic E-state index is 8.98. The molecule has 0 fully saturated rings. The van der Waals surface area contributed by atoms with Crippen molar-refractivity contribution < 1.29 is 0 Å². The molecule has 0 spiro atoms. The zero-order valence-electron chi connectivity index (χ0n) is 11.2. The maximum Gasteiger partial charge on any atom is 0.0684 e. The van der Waals surface area contributed by atoms with Crippen molar-refractivity contribution in [3.63, 3.8) is 0 Å². The summed E-state index contributed by atoms with van der Waals surface area (Å²) < 4.78 is 1.09. The lowest BCUT2D eigenvalue weighted by molar-refractivity contribution is 0.466. The molecule has 2 aromatic carbocycles. The molecule has 1 N–H and O–H groups in total. The van der Waals surface area contributed by atoms with Crippen molar-refractivity contribution in [2.45, 2.75) is 20.3 Å². The molecule has 0 saturated heterocycles. The minimum absolute atomic E-state index is 0.269. The first-order valence-electron chi connectivity index (χ1n) is 6.35. The quantitative estimate of drug-likeness (QED) is 0.865. The van der Waals surface area contributed by atoms with Gasteiger partial charge in [-0.1, -0.05) is 28.1 Å². The molecule has 3 heteroatoms. The van der Waals surface area contributed by atoms with Crippen LogP contribution < -0.4 is 5.32 Å². The summed E-state index contributed by atoms with van der Waals surface area (Å²) in [5, 5.41) is 14.8. The first kappa shape index (κ1) is 13.9. The van der Waals surface area contributed by atoms with E-state index < -0.39 is 0 Å². The van der Waals surface area contributed by atoms with Crippen LogP contribution in [0.1, 0.15) is 20.3 Å². The molecule has 2 nitrogen and oxygen atoms in total. The highest BCUT2D eigenvalue weighted by Gasteiger charge is 2.15. The van der Waals surface area contributed by atoms with E-state index >= 15 is 0 Å². The van der Waals surface area contributed by atoms with Crippen molar-refractivity contribution in [2.75, 3.05) is 11.9 Å². The summed E-state index contributed by atoms with van der Waals surface area (Å²) >= 11 is 3.48. The van der Waals surface area contributed by atoms with E-state index in [1.165, 1.54) is 10.8 Å². The van der Waals surface area contributed by atoms with Gasteiger partial charge in [-0.2, -0.15) is 5.26 Å². The molecule has 0 unspecified atom stereocenters. The predicted molar refractivity (Wildman–Crippen MR) is 84.1 cm³/mol. The van der Waals surface area contributed by atoms with Crippen LogP contribution in [0.15, 0.2) is 40.9 Å². The van der Waals surface area contributed by atoms with Gasteiger partial charge in [0.15, 0.2) is 0 Å². The third kappa shape index (κ3) is 3.71. The van der Waals surface area contributed by atoms with Crippen molar-refractivity contribution in [1.82, 2.24) is 0 Å². The lowest BCUT2D eigenvalue weighted by Gasteiger charge is -2.15. The van der Waals surface area contributed by atoms with Gasteiger partial charge in [-0.25, -0.2) is 0 Å². The lowest BCUT2D eigenvalue weighted by atomic mass is 9.91. The van der Waals surface area contributed by atoms with E-state index in [4.69, 9.17) is 5.26 Å². The molecule has 0 saturated carbocycles. The highest BCUT2D eigenvalue weighted by atomic mass is 79.9. The summed E-state index contributed by atoms with van der Waals surface area (Å²) in [6, 6.07) is 14.9. The molecule has 0 aliphatic carbocycles. The molecule has 2 aromatic rings. The van der Waals surface area contributed by atoms with Crippen LogP contribution in [-0.2, 0) is 0 Å². The third-order valence-corrected chi connectivity index (χ3v) is 3.68. The van der Waals surface area contributed by atoms with Crippen molar-refractivity contribution in [2.24, 2.45) is 5.41 Å². The van der Waals surface area contributed by atoms with Gasteiger partial charge in [0.2, 0.25) is 0 Å². The molecule has 19 heavy (non-hydrogen) atoms. The summed E-state index contributed by atoms with van der Waals surface area (Å²) in [6.07, 6.45) is 0.835. The zero-order chi connectivity index (χ0) is 13.9. The number of fused-ring (bicyclic) bond motifs is 1. The van der Waals surface area contributed by atoms with E-state index in [9.17, 15) is 0 Å². The Balaban J connectivity index is 2.06. The molecule has 2 rings (SSSR count). The van der Waals surface area contributed by atoms with Gasteiger partial charge in [-0.15, -0.1) is 0 Å². The third-order valence-electron chi connectivity index (χ3n) is 3.18. The second kappa shape index (κ2) is 5.63. The number of anilines is 1. The van der Waals surface area contributed by atoms with Crippen molar-refractivity contribution >= 4 is 32.4 Å². The molecule has 0 aliphatic rings. The second-order valence-corrected chi connectivity index (χ2v) is 6.29. The van der Waals surface area contributed by atoms with Gasteiger partial charge in [-0.3, -0.25) is 0 Å². The Bertz CT molecular complexity index is 626. The van der Waals surface area contributed by atoms with Gasteiger partial charge >= 0.3 is 0 Å². The fraction of sp³-hybridized carbons (Fsp3) is 0.312. The highest BCUT2D eigenvalue weighted by molar-refractivity contribution is 9.10. The Labute approximate surface area is 122 Å². The van der Waals surface area contributed by atoms with Gasteiger partial charge in [0, 0.05) is 16.7 Å². The first-order valence-corrected chi connectivity index (χ1v) is 7.14. The van der Waals surface area contributed by atoms with Crippen LogP contribution in [-0.4, -0.2) is 6.54 Å². The molecule has 0 aromatic heterocycles. The van der Waals surface area contributed by atoms with Crippen LogP contribution >= 0.6 is 15.9 Å². The van der Waals surface area contributed by atoms with Gasteiger partial charge in [0.05, 0.1) is 11.5 Å². The fourth-order valence-corrected chi connectivity index (χ4v) is 2.28. The monoisotopic (exact) mass is 316 g/mol. The van der Waals surface area contributed by atoms with Gasteiger partial charge in [0.25, 0.3) is 0 Å². The maximum atomic E-state index is 8.98. The molecule has 0 atom stereocenters. The Morgan fingerprint density at radius 3 is 2.58 bits per heavy atom. The molecule has 0 radical (unpaired) electrons. The standard InChI is InChI=1S/C16H17BrN2/c1-16(2,11-18)7-8-19-15-6-4-12-9-14(17)5-3-13(12)10-15/h3-6,9-10,19H,7-8H2,1-2H3. The molecular formula is C16H17BrN2. The van der Waals surface area contributed by atoms with E-state index in [0.717, 1.165) is 23.1 Å². The molecule has 98 valence electrons. The summed E-state index contributed by atoms with van der Waals surface area (Å²) in [4.78, 5) is 0. The van der Waals surface area contributed by atoms with E-state index in [0.29, 0.717) is 0 Å². The predicted octanol–water partition coefficient (Wildman–Crippen LogP) is 4.95. The lowest BCUT2D eigenvalue weighted by Crippen LogP contribution is -2.14. The Morgan fingerprint density at radius 1 is 1.16 bits per heavy atom. The number of benzene rings is 2. The van der Waals surface area contributed by atoms with E-state index in [1.54, 1.807) is 0 Å². The average molecular weight is 317 g/mol. The van der Waals surface area contributed by atoms with Crippen LogP contribution in [0.4, 0.5) is 5.69 Å². The summed E-state index contributed by atoms with van der Waals surface area (Å²) in [7, 11) is 0. The number of nitrogens with zero attached hydrogens (tertiary/aromatic N) is 1. The molecular weight excluding hydrogens is 300 g/mol. The number of hydrogen-bond donors (Lipinski definition) is 1. The van der Waals surface area contributed by atoms with Crippen molar-refractivity contribution in [1.29, 1.82) is 5.26 Å². The van der Waals surface area contributed by atoms with Gasteiger partial charge < -0.3 is 5.32 Å². The second-order valence-electron chi connectivity index (χ2n) is 5.38. The summed E-state index contributed by atoms with van der Waals surface area (Å²) in [5.74, 6) is 0. The van der Waals surface area contributed by atoms with Gasteiger partial charge in [0.1, 0.15) is 0 Å². The number of rotatable bonds is 4. The number of nitrogens with one attached hydrogen (secondary N) is 1. The molecule has 0 heterocycles. The molecule has 0 aliphatic heterocycles. The Morgan fingerprint density at radius 2 is 1.84 bits per heavy atom. The van der Waals surface area contributed by atoms with E-state index in [-0.39, 0.29) is 5.41 Å². The van der Waals surface area contributed by atoms with Gasteiger partial charge in [-0.05, 0) is 55.3 Å². The first-order chi connectivity index (χ1) is 9.00. The van der Waals surface area contributed by atoms with Crippen LogP contribution in [0.2, 0.25) is 0 Å². The molecule has 0 amide bonds. The number of nitriles is 1. The number of halogens is 1. The minimum Gasteiger partial charge on any atom is -0.385 e. The topological polar surface area (TPSA) is 35.8 Å². The van der Waals surface area contributed by atoms with Crippen LogP contribution in [0.5, 0.6) is 0 Å². The smallest absolute Gasteiger partial charge is 0.0684 e. The van der Waals surface area contributed by atoms with Crippen molar-refractivity contribution in [3.05, 3.63) is 40.9 Å². The van der Waals surface area contributed by atoms with Crippen molar-refractivity contribution in [3.8, 4) is 6.07 Å². The SMILES string of the molecule is CC(C)(C#N)CCNc1ccc2cc(Br)ccc2c1. The zero-order valence-corrected chi connectivity index (χ0v) is 12.8. The van der Waals surface area contributed by atoms with Crippen LogP contribution in [0, 0.1) is 16.7 Å². The summed E-state index contributed by atoms with van der Waals surface area (Å²) in [6.45, 7) is 4.74. The van der Waals surface area contributed by atoms with Crippen LogP contribution in [0.3, 0.4) is 0 Å². The minimum atomic E-state index is -0.269. The summed E-state index contributed by atoms with van der Waals surface area (Å²) in [5.41, 5.74) is 0.831. The average Bonchev–Trinajstić information content (AvgIpc) is 2.39.